The Balaban J connectivity index is 2.01. The SMILES string of the molecule is CCOC(=O)C1(C)CCN(c2cc(Cl)ncn2)CC1. The highest BCUT2D eigenvalue weighted by Crippen LogP contribution is 2.33. The second-order valence-electron chi connectivity index (χ2n) is 4.97. The molecule has 104 valence electrons. The van der Waals surface area contributed by atoms with Crippen molar-refractivity contribution in [2.45, 2.75) is 26.7 Å². The summed E-state index contributed by atoms with van der Waals surface area (Å²) in [5, 5.41) is 0.434. The first-order chi connectivity index (χ1) is 9.05. The van der Waals surface area contributed by atoms with E-state index in [1.165, 1.54) is 6.33 Å². The van der Waals surface area contributed by atoms with Crippen LogP contribution in [0, 0.1) is 5.41 Å². The zero-order chi connectivity index (χ0) is 13.9. The third-order valence-electron chi connectivity index (χ3n) is 3.58. The Labute approximate surface area is 117 Å². The summed E-state index contributed by atoms with van der Waals surface area (Å²) < 4.78 is 5.14. The largest absolute Gasteiger partial charge is 0.466 e. The van der Waals surface area contributed by atoms with E-state index in [4.69, 9.17) is 16.3 Å². The minimum absolute atomic E-state index is 0.102. The van der Waals surface area contributed by atoms with Gasteiger partial charge in [0, 0.05) is 19.2 Å². The lowest BCUT2D eigenvalue weighted by atomic mass is 9.80. The molecule has 1 aromatic heterocycles. The Morgan fingerprint density at radius 2 is 2.16 bits per heavy atom. The van der Waals surface area contributed by atoms with Gasteiger partial charge < -0.3 is 9.64 Å². The van der Waals surface area contributed by atoms with Crippen LogP contribution in [0.4, 0.5) is 5.82 Å². The molecule has 0 N–H and O–H groups in total. The standard InChI is InChI=1S/C13H18ClN3O2/c1-3-19-12(18)13(2)4-6-17(7-5-13)11-8-10(14)15-9-16-11/h8-9H,3-7H2,1-2H3. The molecule has 0 aromatic carbocycles. The fourth-order valence-electron chi connectivity index (χ4n) is 2.24. The molecule has 19 heavy (non-hydrogen) atoms. The average Bonchev–Trinajstić information content (AvgIpc) is 2.40. The fourth-order valence-corrected chi connectivity index (χ4v) is 2.38. The lowest BCUT2D eigenvalue weighted by Gasteiger charge is -2.37. The summed E-state index contributed by atoms with van der Waals surface area (Å²) in [4.78, 5) is 22.1. The molecule has 2 heterocycles. The number of esters is 1. The molecule has 0 atom stereocenters. The molecule has 0 saturated carbocycles. The zero-order valence-corrected chi connectivity index (χ0v) is 12.0. The maximum Gasteiger partial charge on any atom is 0.311 e. The van der Waals surface area contributed by atoms with E-state index in [1.54, 1.807) is 6.07 Å². The van der Waals surface area contributed by atoms with E-state index in [9.17, 15) is 4.79 Å². The van der Waals surface area contributed by atoms with Crippen LogP contribution < -0.4 is 4.90 Å². The van der Waals surface area contributed by atoms with Crippen LogP contribution in [-0.4, -0.2) is 35.6 Å². The number of rotatable bonds is 3. The van der Waals surface area contributed by atoms with Crippen molar-refractivity contribution < 1.29 is 9.53 Å². The van der Waals surface area contributed by atoms with Crippen LogP contribution in [0.1, 0.15) is 26.7 Å². The van der Waals surface area contributed by atoms with Gasteiger partial charge in [-0.15, -0.1) is 0 Å². The predicted molar refractivity (Wildman–Crippen MR) is 73.2 cm³/mol. The highest BCUT2D eigenvalue weighted by Gasteiger charge is 2.38. The van der Waals surface area contributed by atoms with Crippen LogP contribution in [0.2, 0.25) is 5.15 Å². The summed E-state index contributed by atoms with van der Waals surface area (Å²) in [6.07, 6.45) is 2.97. The molecule has 1 fully saturated rings. The molecule has 1 saturated heterocycles. The van der Waals surface area contributed by atoms with Crippen LogP contribution in [0.5, 0.6) is 0 Å². The van der Waals surface area contributed by atoms with E-state index < -0.39 is 0 Å². The number of halogens is 1. The van der Waals surface area contributed by atoms with Gasteiger partial charge >= 0.3 is 5.97 Å². The number of hydrogen-bond acceptors (Lipinski definition) is 5. The van der Waals surface area contributed by atoms with E-state index in [2.05, 4.69) is 14.9 Å². The summed E-state index contributed by atoms with van der Waals surface area (Å²) in [5.74, 6) is 0.710. The van der Waals surface area contributed by atoms with Gasteiger partial charge in [0.2, 0.25) is 0 Å². The molecule has 2 rings (SSSR count). The molecular formula is C13H18ClN3O2. The Morgan fingerprint density at radius 1 is 1.47 bits per heavy atom. The Kier molecular flexibility index (Phi) is 4.24. The third kappa shape index (κ3) is 3.15. The van der Waals surface area contributed by atoms with Crippen molar-refractivity contribution in [3.8, 4) is 0 Å². The van der Waals surface area contributed by atoms with E-state index in [0.29, 0.717) is 11.8 Å². The van der Waals surface area contributed by atoms with Crippen molar-refractivity contribution in [1.29, 1.82) is 0 Å². The van der Waals surface area contributed by atoms with E-state index >= 15 is 0 Å². The minimum Gasteiger partial charge on any atom is -0.466 e. The monoisotopic (exact) mass is 283 g/mol. The smallest absolute Gasteiger partial charge is 0.311 e. The predicted octanol–water partition coefficient (Wildman–Crippen LogP) is 2.30. The maximum atomic E-state index is 11.9. The molecule has 0 radical (unpaired) electrons. The summed E-state index contributed by atoms with van der Waals surface area (Å²) in [6.45, 7) is 5.76. The molecule has 6 heteroatoms. The van der Waals surface area contributed by atoms with Crippen LogP contribution in [0.3, 0.4) is 0 Å². The van der Waals surface area contributed by atoms with Gasteiger partial charge in [-0.3, -0.25) is 4.79 Å². The molecule has 0 amide bonds. The van der Waals surface area contributed by atoms with Gasteiger partial charge in [-0.05, 0) is 26.7 Å². The first-order valence-electron chi connectivity index (χ1n) is 6.45. The lowest BCUT2D eigenvalue weighted by molar-refractivity contribution is -0.155. The van der Waals surface area contributed by atoms with Crippen molar-refractivity contribution in [3.63, 3.8) is 0 Å². The molecule has 1 aromatic rings. The first kappa shape index (κ1) is 14.1. The number of hydrogen-bond donors (Lipinski definition) is 0. The number of carbonyl (C=O) groups is 1. The van der Waals surface area contributed by atoms with Crippen molar-refractivity contribution >= 4 is 23.4 Å². The quantitative estimate of drug-likeness (QED) is 0.629. The Bertz CT molecular complexity index is 459. The molecule has 0 aliphatic carbocycles. The summed E-state index contributed by atoms with van der Waals surface area (Å²) in [7, 11) is 0. The summed E-state index contributed by atoms with van der Waals surface area (Å²) >= 11 is 5.86. The van der Waals surface area contributed by atoms with Crippen LogP contribution in [0.15, 0.2) is 12.4 Å². The Morgan fingerprint density at radius 3 is 2.74 bits per heavy atom. The number of anilines is 1. The molecule has 1 aliphatic rings. The van der Waals surface area contributed by atoms with Crippen molar-refractivity contribution in [1.82, 2.24) is 9.97 Å². The van der Waals surface area contributed by atoms with E-state index in [-0.39, 0.29) is 11.4 Å². The zero-order valence-electron chi connectivity index (χ0n) is 11.2. The van der Waals surface area contributed by atoms with Gasteiger partial charge in [0.15, 0.2) is 0 Å². The minimum atomic E-state index is -0.386. The van der Waals surface area contributed by atoms with Crippen LogP contribution in [0.25, 0.3) is 0 Å². The molecule has 0 bridgehead atoms. The highest BCUT2D eigenvalue weighted by atomic mass is 35.5. The number of ether oxygens (including phenoxy) is 1. The highest BCUT2D eigenvalue weighted by molar-refractivity contribution is 6.29. The lowest BCUT2D eigenvalue weighted by Crippen LogP contribution is -2.43. The molecule has 5 nitrogen and oxygen atoms in total. The normalized spacial score (nSPS) is 18.2. The maximum absolute atomic E-state index is 11.9. The third-order valence-corrected chi connectivity index (χ3v) is 3.79. The van der Waals surface area contributed by atoms with Crippen molar-refractivity contribution in [2.75, 3.05) is 24.6 Å². The van der Waals surface area contributed by atoms with Crippen LogP contribution in [-0.2, 0) is 9.53 Å². The van der Waals surface area contributed by atoms with Gasteiger partial charge in [0.1, 0.15) is 17.3 Å². The first-order valence-corrected chi connectivity index (χ1v) is 6.83. The second-order valence-corrected chi connectivity index (χ2v) is 5.35. The van der Waals surface area contributed by atoms with Crippen LogP contribution >= 0.6 is 11.6 Å². The van der Waals surface area contributed by atoms with E-state index in [1.807, 2.05) is 13.8 Å². The molecule has 0 spiro atoms. The number of piperidine rings is 1. The molecule has 1 aliphatic heterocycles. The number of nitrogens with zero attached hydrogens (tertiary/aromatic N) is 3. The molecule has 0 unspecified atom stereocenters. The van der Waals surface area contributed by atoms with Gasteiger partial charge in [0.05, 0.1) is 12.0 Å². The number of aromatic nitrogens is 2. The van der Waals surface area contributed by atoms with Gasteiger partial charge in [-0.25, -0.2) is 9.97 Å². The van der Waals surface area contributed by atoms with Gasteiger partial charge in [-0.1, -0.05) is 11.6 Å². The topological polar surface area (TPSA) is 55.3 Å². The van der Waals surface area contributed by atoms with Gasteiger partial charge in [-0.2, -0.15) is 0 Å². The van der Waals surface area contributed by atoms with E-state index in [0.717, 1.165) is 31.7 Å². The van der Waals surface area contributed by atoms with Crippen molar-refractivity contribution in [3.05, 3.63) is 17.5 Å². The second kappa shape index (κ2) is 5.74. The fraction of sp³-hybridized carbons (Fsp3) is 0.615. The summed E-state index contributed by atoms with van der Waals surface area (Å²) in [6, 6.07) is 1.74. The average molecular weight is 284 g/mol. The molecular weight excluding hydrogens is 266 g/mol. The van der Waals surface area contributed by atoms with Crippen molar-refractivity contribution in [2.24, 2.45) is 5.41 Å². The van der Waals surface area contributed by atoms with Gasteiger partial charge in [0.25, 0.3) is 0 Å². The number of carbonyl (C=O) groups excluding carboxylic acids is 1. The Hall–Kier alpha value is -1.36. The summed E-state index contributed by atoms with van der Waals surface area (Å²) in [5.41, 5.74) is -0.386.